The minimum atomic E-state index is -0.270. The maximum atomic E-state index is 12.0. The molecule has 0 saturated carbocycles. The summed E-state index contributed by atoms with van der Waals surface area (Å²) in [5.74, 6) is -0.0456. The molecule has 0 unspecified atom stereocenters. The molecule has 0 radical (unpaired) electrons. The van der Waals surface area contributed by atoms with E-state index in [1.165, 1.54) is 6.21 Å². The molecule has 0 aliphatic rings. The van der Waals surface area contributed by atoms with E-state index in [1.807, 2.05) is 53.7 Å². The summed E-state index contributed by atoms with van der Waals surface area (Å²) in [4.78, 5) is 14.0. The Kier molecular flexibility index (Phi) is 5.37. The van der Waals surface area contributed by atoms with Crippen LogP contribution in [0.5, 0.6) is 5.75 Å². The van der Waals surface area contributed by atoms with Crippen LogP contribution in [-0.2, 0) is 0 Å². The van der Waals surface area contributed by atoms with E-state index in [9.17, 15) is 9.90 Å². The van der Waals surface area contributed by atoms with Gasteiger partial charge in [0.05, 0.1) is 9.78 Å². The molecule has 0 bridgehead atoms. The number of hydrazone groups is 1. The SMILES string of the molecule is CN(C)c1cccc(C(=O)N/N=C\c2ccc(O)c(I)c2)c1. The summed E-state index contributed by atoms with van der Waals surface area (Å²) in [7, 11) is 3.84. The minimum absolute atomic E-state index is 0.224. The molecule has 0 atom stereocenters. The van der Waals surface area contributed by atoms with Gasteiger partial charge in [-0.05, 0) is 64.6 Å². The predicted molar refractivity (Wildman–Crippen MR) is 96.7 cm³/mol. The van der Waals surface area contributed by atoms with Crippen LogP contribution in [0, 0.1) is 3.57 Å². The van der Waals surface area contributed by atoms with Crippen molar-refractivity contribution in [3.8, 4) is 5.75 Å². The van der Waals surface area contributed by atoms with E-state index in [1.54, 1.807) is 30.3 Å². The first-order chi connectivity index (χ1) is 10.5. The molecule has 0 saturated heterocycles. The lowest BCUT2D eigenvalue weighted by atomic mass is 10.2. The third kappa shape index (κ3) is 4.20. The van der Waals surface area contributed by atoms with Gasteiger partial charge >= 0.3 is 0 Å². The highest BCUT2D eigenvalue weighted by Gasteiger charge is 2.05. The number of nitrogens with zero attached hydrogens (tertiary/aromatic N) is 2. The van der Waals surface area contributed by atoms with Crippen molar-refractivity contribution < 1.29 is 9.90 Å². The molecule has 0 heterocycles. The number of carbonyl (C=O) groups excluding carboxylic acids is 1. The maximum Gasteiger partial charge on any atom is 0.271 e. The Labute approximate surface area is 142 Å². The van der Waals surface area contributed by atoms with Gasteiger partial charge in [0.25, 0.3) is 5.91 Å². The van der Waals surface area contributed by atoms with E-state index < -0.39 is 0 Å². The number of benzene rings is 2. The quantitative estimate of drug-likeness (QED) is 0.464. The monoisotopic (exact) mass is 409 g/mol. The zero-order chi connectivity index (χ0) is 16.1. The molecule has 0 spiro atoms. The average Bonchev–Trinajstić information content (AvgIpc) is 2.51. The first-order valence-electron chi connectivity index (χ1n) is 6.56. The van der Waals surface area contributed by atoms with Gasteiger partial charge in [0.15, 0.2) is 0 Å². The van der Waals surface area contributed by atoms with Crippen LogP contribution in [0.4, 0.5) is 5.69 Å². The fourth-order valence-electron chi connectivity index (χ4n) is 1.76. The number of hydrogen-bond donors (Lipinski definition) is 2. The Balaban J connectivity index is 2.04. The van der Waals surface area contributed by atoms with E-state index in [0.717, 1.165) is 14.8 Å². The second kappa shape index (κ2) is 7.26. The van der Waals surface area contributed by atoms with Gasteiger partial charge in [0, 0.05) is 25.3 Å². The van der Waals surface area contributed by atoms with Gasteiger partial charge < -0.3 is 10.0 Å². The smallest absolute Gasteiger partial charge is 0.271 e. The minimum Gasteiger partial charge on any atom is -0.507 e. The fraction of sp³-hybridized carbons (Fsp3) is 0.125. The molecule has 2 aromatic carbocycles. The molecule has 0 fully saturated rings. The van der Waals surface area contributed by atoms with E-state index in [-0.39, 0.29) is 11.7 Å². The molecule has 6 heteroatoms. The predicted octanol–water partition coefficient (Wildman–Crippen LogP) is 2.83. The molecule has 0 aliphatic carbocycles. The fourth-order valence-corrected chi connectivity index (χ4v) is 2.30. The summed E-state index contributed by atoms with van der Waals surface area (Å²) >= 11 is 2.03. The van der Waals surface area contributed by atoms with Gasteiger partial charge in [0.1, 0.15) is 5.75 Å². The molecule has 0 aliphatic heterocycles. The second-order valence-corrected chi connectivity index (χ2v) is 6.02. The van der Waals surface area contributed by atoms with Gasteiger partial charge in [-0.15, -0.1) is 0 Å². The third-order valence-corrected chi connectivity index (χ3v) is 3.84. The molecule has 1 amide bonds. The van der Waals surface area contributed by atoms with Crippen molar-refractivity contribution >= 4 is 40.4 Å². The zero-order valence-electron chi connectivity index (χ0n) is 12.2. The van der Waals surface area contributed by atoms with Gasteiger partial charge in [-0.1, -0.05) is 6.07 Å². The number of rotatable bonds is 4. The number of nitrogens with one attached hydrogen (secondary N) is 1. The maximum absolute atomic E-state index is 12.0. The Morgan fingerprint density at radius 3 is 2.73 bits per heavy atom. The van der Waals surface area contributed by atoms with Crippen LogP contribution in [0.25, 0.3) is 0 Å². The molecule has 5 nitrogen and oxygen atoms in total. The first kappa shape index (κ1) is 16.3. The molecule has 2 N–H and O–H groups in total. The lowest BCUT2D eigenvalue weighted by Crippen LogP contribution is -2.18. The van der Waals surface area contributed by atoms with Crippen molar-refractivity contribution in [3.05, 3.63) is 57.2 Å². The largest absolute Gasteiger partial charge is 0.507 e. The number of halogens is 1. The van der Waals surface area contributed by atoms with Gasteiger partial charge in [0.2, 0.25) is 0 Å². The standard InChI is InChI=1S/C16H16IN3O2/c1-20(2)13-5-3-4-12(9-13)16(22)19-18-10-11-6-7-15(21)14(17)8-11/h3-10,21H,1-2H3,(H,19,22)/b18-10-. The lowest BCUT2D eigenvalue weighted by molar-refractivity contribution is 0.0955. The summed E-state index contributed by atoms with van der Waals surface area (Å²) in [5, 5.41) is 13.4. The van der Waals surface area contributed by atoms with Crippen molar-refractivity contribution in [2.24, 2.45) is 5.10 Å². The number of hydrogen-bond acceptors (Lipinski definition) is 4. The third-order valence-electron chi connectivity index (χ3n) is 2.98. The van der Waals surface area contributed by atoms with E-state index in [4.69, 9.17) is 0 Å². The van der Waals surface area contributed by atoms with Crippen LogP contribution in [-0.4, -0.2) is 31.3 Å². The molecular weight excluding hydrogens is 393 g/mol. The summed E-state index contributed by atoms with van der Waals surface area (Å²) in [5.41, 5.74) is 4.78. The van der Waals surface area contributed by atoms with Crippen molar-refractivity contribution in [2.45, 2.75) is 0 Å². The normalized spacial score (nSPS) is 10.7. The number of carbonyl (C=O) groups is 1. The Hall–Kier alpha value is -2.09. The number of phenols is 1. The Morgan fingerprint density at radius 2 is 2.05 bits per heavy atom. The molecular formula is C16H16IN3O2. The Morgan fingerprint density at radius 1 is 1.27 bits per heavy atom. The van der Waals surface area contributed by atoms with Crippen molar-refractivity contribution in [1.29, 1.82) is 0 Å². The topological polar surface area (TPSA) is 64.9 Å². The average molecular weight is 409 g/mol. The van der Waals surface area contributed by atoms with Crippen LogP contribution in [0.3, 0.4) is 0 Å². The highest BCUT2D eigenvalue weighted by Crippen LogP contribution is 2.19. The van der Waals surface area contributed by atoms with E-state index in [0.29, 0.717) is 5.56 Å². The van der Waals surface area contributed by atoms with Gasteiger partial charge in [-0.25, -0.2) is 5.43 Å². The first-order valence-corrected chi connectivity index (χ1v) is 7.64. The van der Waals surface area contributed by atoms with E-state index >= 15 is 0 Å². The van der Waals surface area contributed by atoms with Gasteiger partial charge in [-0.3, -0.25) is 4.79 Å². The van der Waals surface area contributed by atoms with Crippen molar-refractivity contribution in [2.75, 3.05) is 19.0 Å². The number of aromatic hydroxyl groups is 1. The van der Waals surface area contributed by atoms with Crippen molar-refractivity contribution in [1.82, 2.24) is 5.43 Å². The summed E-state index contributed by atoms with van der Waals surface area (Å²) in [6.07, 6.45) is 1.54. The van der Waals surface area contributed by atoms with Crippen LogP contribution in [0.2, 0.25) is 0 Å². The number of anilines is 1. The van der Waals surface area contributed by atoms with Crippen LogP contribution < -0.4 is 10.3 Å². The Bertz CT molecular complexity index is 714. The summed E-state index contributed by atoms with van der Waals surface area (Å²) in [6, 6.07) is 12.4. The van der Waals surface area contributed by atoms with E-state index in [2.05, 4.69) is 10.5 Å². The highest BCUT2D eigenvalue weighted by molar-refractivity contribution is 14.1. The lowest BCUT2D eigenvalue weighted by Gasteiger charge is -2.12. The molecule has 2 aromatic rings. The number of amides is 1. The summed E-state index contributed by atoms with van der Waals surface area (Å²) in [6.45, 7) is 0. The number of phenolic OH excluding ortho intramolecular Hbond substituents is 1. The summed E-state index contributed by atoms with van der Waals surface area (Å²) < 4.78 is 0.728. The van der Waals surface area contributed by atoms with Crippen molar-refractivity contribution in [3.63, 3.8) is 0 Å². The molecule has 22 heavy (non-hydrogen) atoms. The van der Waals surface area contributed by atoms with Gasteiger partial charge in [-0.2, -0.15) is 5.10 Å². The second-order valence-electron chi connectivity index (χ2n) is 4.85. The van der Waals surface area contributed by atoms with Crippen LogP contribution in [0.1, 0.15) is 15.9 Å². The highest BCUT2D eigenvalue weighted by atomic mass is 127. The van der Waals surface area contributed by atoms with Crippen LogP contribution in [0.15, 0.2) is 47.6 Å². The molecule has 0 aromatic heterocycles. The van der Waals surface area contributed by atoms with Crippen LogP contribution >= 0.6 is 22.6 Å². The zero-order valence-corrected chi connectivity index (χ0v) is 14.4. The molecule has 2 rings (SSSR count). The molecule has 114 valence electrons.